The first-order valence-electron chi connectivity index (χ1n) is 10.2. The van der Waals surface area contributed by atoms with Crippen LogP contribution >= 0.6 is 11.3 Å². The van der Waals surface area contributed by atoms with Gasteiger partial charge in [-0.3, -0.25) is 19.4 Å². The van der Waals surface area contributed by atoms with E-state index in [9.17, 15) is 19.2 Å². The van der Waals surface area contributed by atoms with Gasteiger partial charge in [0.25, 0.3) is 5.91 Å². The second-order valence-corrected chi connectivity index (χ2v) is 8.35. The third-order valence-corrected chi connectivity index (χ3v) is 5.98. The lowest BCUT2D eigenvalue weighted by atomic mass is 10.1. The maximum Gasteiger partial charge on any atom is 0.315 e. The van der Waals surface area contributed by atoms with E-state index in [0.29, 0.717) is 6.42 Å². The Morgan fingerprint density at radius 3 is 2.79 bits per heavy atom. The summed E-state index contributed by atoms with van der Waals surface area (Å²) < 4.78 is 0. The molecule has 0 bridgehead atoms. The molecule has 0 aliphatic carbocycles. The molecule has 2 aromatic rings. The van der Waals surface area contributed by atoms with Crippen LogP contribution in [-0.4, -0.2) is 69.8 Å². The summed E-state index contributed by atoms with van der Waals surface area (Å²) in [6.45, 7) is 3.98. The third kappa shape index (κ3) is 6.13. The highest BCUT2D eigenvalue weighted by Crippen LogP contribution is 2.21. The predicted molar refractivity (Wildman–Crippen MR) is 121 cm³/mol. The summed E-state index contributed by atoms with van der Waals surface area (Å²) >= 11 is 1.44. The van der Waals surface area contributed by atoms with Crippen LogP contribution in [0.3, 0.4) is 0 Å². The number of aromatic nitrogens is 2. The minimum absolute atomic E-state index is 0.0668. The van der Waals surface area contributed by atoms with Gasteiger partial charge in [-0.1, -0.05) is 12.1 Å². The highest BCUT2D eigenvalue weighted by molar-refractivity contribution is 7.09. The van der Waals surface area contributed by atoms with Crippen LogP contribution in [0.4, 0.5) is 4.79 Å². The van der Waals surface area contributed by atoms with Crippen molar-refractivity contribution < 1.29 is 19.2 Å². The Balaban J connectivity index is 1.81. The van der Waals surface area contributed by atoms with Crippen molar-refractivity contribution in [2.75, 3.05) is 13.1 Å². The average molecular weight is 472 g/mol. The van der Waals surface area contributed by atoms with Crippen molar-refractivity contribution in [1.29, 1.82) is 0 Å². The molecular formula is C21H25N7O4S. The van der Waals surface area contributed by atoms with E-state index in [4.69, 9.17) is 5.73 Å². The maximum absolute atomic E-state index is 13.3. The van der Waals surface area contributed by atoms with Gasteiger partial charge in [0, 0.05) is 36.8 Å². The van der Waals surface area contributed by atoms with Gasteiger partial charge in [-0.15, -0.1) is 17.9 Å². The molecule has 11 nitrogen and oxygen atoms in total. The molecule has 0 unspecified atom stereocenters. The second kappa shape index (κ2) is 11.2. The number of nitrogens with two attached hydrogens (primary N) is 1. The lowest BCUT2D eigenvalue weighted by Crippen LogP contribution is -2.59. The molecule has 12 heteroatoms. The Bertz CT molecular complexity index is 999. The molecule has 1 saturated heterocycles. The predicted octanol–water partition coefficient (Wildman–Crippen LogP) is -0.181. The van der Waals surface area contributed by atoms with Crippen LogP contribution in [0.5, 0.6) is 0 Å². The molecule has 0 aromatic carbocycles. The van der Waals surface area contributed by atoms with Gasteiger partial charge < -0.3 is 26.6 Å². The van der Waals surface area contributed by atoms with Crippen LogP contribution in [0.15, 0.2) is 48.8 Å². The molecule has 33 heavy (non-hydrogen) atoms. The largest absolute Gasteiger partial charge is 0.368 e. The van der Waals surface area contributed by atoms with Crippen molar-refractivity contribution in [3.05, 3.63) is 59.3 Å². The summed E-state index contributed by atoms with van der Waals surface area (Å²) in [7, 11) is 0. The monoisotopic (exact) mass is 471 g/mol. The van der Waals surface area contributed by atoms with Crippen LogP contribution < -0.4 is 21.7 Å². The fourth-order valence-corrected chi connectivity index (χ4v) is 4.30. The SMILES string of the molecule is C=CCNC(=O)N[C@H]1CCN(C(=O)c2cnccn2)[C@@H]1C(=O)N[C@@H](Cc1cccs1)C(N)=O. The number of primary amides is 1. The number of amides is 5. The topological polar surface area (TPSA) is 159 Å². The van der Waals surface area contributed by atoms with E-state index in [1.54, 1.807) is 0 Å². The Kier molecular flexibility index (Phi) is 8.08. The maximum atomic E-state index is 13.3. The molecule has 2 aromatic heterocycles. The van der Waals surface area contributed by atoms with Crippen molar-refractivity contribution in [2.45, 2.75) is 31.0 Å². The minimum atomic E-state index is -1.07. The zero-order valence-electron chi connectivity index (χ0n) is 17.8. The van der Waals surface area contributed by atoms with Gasteiger partial charge in [-0.25, -0.2) is 9.78 Å². The van der Waals surface area contributed by atoms with Gasteiger partial charge in [0.2, 0.25) is 11.8 Å². The van der Waals surface area contributed by atoms with Crippen molar-refractivity contribution in [3.63, 3.8) is 0 Å². The number of nitrogens with zero attached hydrogens (tertiary/aromatic N) is 3. The van der Waals surface area contributed by atoms with Crippen LogP contribution in [-0.2, 0) is 16.0 Å². The zero-order chi connectivity index (χ0) is 23.8. The minimum Gasteiger partial charge on any atom is -0.368 e. The second-order valence-electron chi connectivity index (χ2n) is 7.32. The molecule has 5 amide bonds. The number of rotatable bonds is 9. The first-order chi connectivity index (χ1) is 15.9. The molecular weight excluding hydrogens is 446 g/mol. The number of nitrogens with one attached hydrogen (secondary N) is 3. The zero-order valence-corrected chi connectivity index (χ0v) is 18.6. The number of carbonyl (C=O) groups is 4. The normalized spacial score (nSPS) is 18.2. The van der Waals surface area contributed by atoms with Gasteiger partial charge in [0.15, 0.2) is 0 Å². The molecule has 0 radical (unpaired) electrons. The van der Waals surface area contributed by atoms with Crippen molar-refractivity contribution in [2.24, 2.45) is 5.73 Å². The Hall–Kier alpha value is -3.80. The Labute approximate surface area is 194 Å². The highest BCUT2D eigenvalue weighted by Gasteiger charge is 2.44. The summed E-state index contributed by atoms with van der Waals surface area (Å²) in [6.07, 6.45) is 6.18. The summed E-state index contributed by atoms with van der Waals surface area (Å²) in [5, 5.41) is 9.82. The van der Waals surface area contributed by atoms with E-state index in [-0.39, 0.29) is 25.2 Å². The number of hydrogen-bond acceptors (Lipinski definition) is 7. The fraction of sp³-hybridized carbons (Fsp3) is 0.333. The molecule has 5 N–H and O–H groups in total. The van der Waals surface area contributed by atoms with Gasteiger partial charge in [0.1, 0.15) is 17.8 Å². The number of thiophene rings is 1. The van der Waals surface area contributed by atoms with Crippen molar-refractivity contribution in [1.82, 2.24) is 30.8 Å². The van der Waals surface area contributed by atoms with Gasteiger partial charge in [-0.05, 0) is 17.9 Å². The summed E-state index contributed by atoms with van der Waals surface area (Å²) in [6, 6.07) is 0.433. The summed E-state index contributed by atoms with van der Waals surface area (Å²) in [4.78, 5) is 60.7. The van der Waals surface area contributed by atoms with E-state index in [1.807, 2.05) is 17.5 Å². The van der Waals surface area contributed by atoms with Gasteiger partial charge >= 0.3 is 6.03 Å². The van der Waals surface area contributed by atoms with Crippen LogP contribution in [0.1, 0.15) is 21.8 Å². The van der Waals surface area contributed by atoms with Crippen molar-refractivity contribution in [3.8, 4) is 0 Å². The first-order valence-corrected chi connectivity index (χ1v) is 11.1. The summed E-state index contributed by atoms with van der Waals surface area (Å²) in [5.41, 5.74) is 5.59. The molecule has 1 fully saturated rings. The van der Waals surface area contributed by atoms with Crippen LogP contribution in [0, 0.1) is 0 Å². The lowest BCUT2D eigenvalue weighted by molar-refractivity contribution is -0.130. The molecule has 174 valence electrons. The average Bonchev–Trinajstić information content (AvgIpc) is 3.47. The van der Waals surface area contributed by atoms with E-state index in [2.05, 4.69) is 32.5 Å². The number of hydrogen-bond donors (Lipinski definition) is 4. The van der Waals surface area contributed by atoms with Gasteiger partial charge in [-0.2, -0.15) is 0 Å². The van der Waals surface area contributed by atoms with Crippen LogP contribution in [0.2, 0.25) is 0 Å². The molecule has 1 aliphatic rings. The standard InChI is InChI=1S/C21H25N7O4S/c1-2-6-25-21(32)27-14-5-9-28(20(31)16-12-23-7-8-24-16)17(14)19(30)26-15(18(22)29)11-13-4-3-10-33-13/h2-4,7-8,10,12,14-15,17H,1,5-6,9,11H2,(H2,22,29)(H,26,30)(H2,25,27,32)/t14-,15-,17-/m0/s1. The van der Waals surface area contributed by atoms with E-state index in [1.165, 1.54) is 40.9 Å². The summed E-state index contributed by atoms with van der Waals surface area (Å²) in [5.74, 6) is -1.80. The Morgan fingerprint density at radius 2 is 2.15 bits per heavy atom. The first kappa shape index (κ1) is 23.9. The lowest BCUT2D eigenvalue weighted by Gasteiger charge is -2.29. The number of likely N-dealkylation sites (tertiary alicyclic amines) is 1. The van der Waals surface area contributed by atoms with E-state index in [0.717, 1.165) is 4.88 Å². The van der Waals surface area contributed by atoms with Gasteiger partial charge in [0.05, 0.1) is 12.2 Å². The van der Waals surface area contributed by atoms with E-state index >= 15 is 0 Å². The Morgan fingerprint density at radius 1 is 1.33 bits per heavy atom. The molecule has 0 spiro atoms. The molecule has 3 rings (SSSR count). The molecule has 3 atom stereocenters. The number of carbonyl (C=O) groups excluding carboxylic acids is 4. The highest BCUT2D eigenvalue weighted by atomic mass is 32.1. The molecule has 1 aliphatic heterocycles. The van der Waals surface area contributed by atoms with Crippen LogP contribution in [0.25, 0.3) is 0 Å². The smallest absolute Gasteiger partial charge is 0.315 e. The molecule has 0 saturated carbocycles. The van der Waals surface area contributed by atoms with Crippen molar-refractivity contribution >= 4 is 35.1 Å². The fourth-order valence-electron chi connectivity index (χ4n) is 3.55. The quantitative estimate of drug-likeness (QED) is 0.371. The third-order valence-electron chi connectivity index (χ3n) is 5.08. The van der Waals surface area contributed by atoms with E-state index < -0.39 is 41.9 Å². The molecule has 3 heterocycles. The number of urea groups is 1.